The number of hydrogen-bond donors (Lipinski definition) is 1. The molecular formula is C20H19ClF2N2O3S. The van der Waals surface area contributed by atoms with Crippen molar-refractivity contribution >= 4 is 38.7 Å². The summed E-state index contributed by atoms with van der Waals surface area (Å²) in [5, 5.41) is 3.03. The number of amides is 1. The Morgan fingerprint density at radius 2 is 1.76 bits per heavy atom. The number of rotatable bonds is 5. The molecule has 154 valence electrons. The first kappa shape index (κ1) is 21.4. The molecule has 1 fully saturated rings. The third-order valence-electron chi connectivity index (χ3n) is 4.66. The summed E-state index contributed by atoms with van der Waals surface area (Å²) in [6.45, 7) is 0. The third kappa shape index (κ3) is 5.39. The highest BCUT2D eigenvalue weighted by atomic mass is 35.5. The molecule has 0 spiro atoms. The van der Waals surface area contributed by atoms with Crippen LogP contribution in [0.1, 0.15) is 18.4 Å². The van der Waals surface area contributed by atoms with Crippen LogP contribution in [0, 0.1) is 5.92 Å². The number of anilines is 1. The second kappa shape index (κ2) is 8.59. The number of carbonyl (C=O) groups excluding carboxylic acids is 1. The van der Waals surface area contributed by atoms with E-state index >= 15 is 0 Å². The van der Waals surface area contributed by atoms with Gasteiger partial charge >= 0.3 is 0 Å². The molecule has 2 aromatic rings. The number of nitrogens with one attached hydrogen (secondary N) is 1. The van der Waals surface area contributed by atoms with Crippen LogP contribution in [0.3, 0.4) is 0 Å². The first-order chi connectivity index (χ1) is 13.6. The highest BCUT2D eigenvalue weighted by Crippen LogP contribution is 2.34. The smallest absolute Gasteiger partial charge is 0.257 e. The first-order valence-electron chi connectivity index (χ1n) is 8.87. The van der Waals surface area contributed by atoms with Crippen molar-refractivity contribution in [1.82, 2.24) is 4.98 Å². The van der Waals surface area contributed by atoms with Gasteiger partial charge in [-0.2, -0.15) is 0 Å². The maximum atomic E-state index is 13.6. The van der Waals surface area contributed by atoms with Crippen LogP contribution in [0.5, 0.6) is 0 Å². The molecule has 1 aliphatic rings. The van der Waals surface area contributed by atoms with Gasteiger partial charge in [-0.1, -0.05) is 29.8 Å². The van der Waals surface area contributed by atoms with Gasteiger partial charge in [0.25, 0.3) is 5.91 Å². The van der Waals surface area contributed by atoms with Crippen LogP contribution in [-0.2, 0) is 14.6 Å². The molecule has 3 atom stereocenters. The molecule has 1 aromatic heterocycles. The Morgan fingerprint density at radius 3 is 2.28 bits per heavy atom. The Kier molecular flexibility index (Phi) is 6.33. The van der Waals surface area contributed by atoms with Crippen LogP contribution < -0.4 is 5.32 Å². The Balaban J connectivity index is 1.93. The highest BCUT2D eigenvalue weighted by Gasteiger charge is 2.34. The van der Waals surface area contributed by atoms with E-state index in [0.29, 0.717) is 10.6 Å². The monoisotopic (exact) mass is 440 g/mol. The summed E-state index contributed by atoms with van der Waals surface area (Å²) in [6.07, 6.45) is 0.834. The van der Waals surface area contributed by atoms with Gasteiger partial charge in [0.2, 0.25) is 0 Å². The lowest BCUT2D eigenvalue weighted by molar-refractivity contribution is -0.111. The average molecular weight is 441 g/mol. The zero-order valence-corrected chi connectivity index (χ0v) is 17.1. The fraction of sp³-hybridized carbons (Fsp3) is 0.300. The molecule has 1 aromatic carbocycles. The van der Waals surface area contributed by atoms with Crippen LogP contribution in [0.15, 0.2) is 53.6 Å². The molecule has 0 unspecified atom stereocenters. The van der Waals surface area contributed by atoms with Crippen molar-refractivity contribution in [3.63, 3.8) is 0 Å². The third-order valence-corrected chi connectivity index (χ3v) is 6.01. The van der Waals surface area contributed by atoms with Gasteiger partial charge in [0.15, 0.2) is 9.84 Å². The van der Waals surface area contributed by atoms with Crippen LogP contribution >= 0.6 is 11.6 Å². The van der Waals surface area contributed by atoms with Gasteiger partial charge in [-0.15, -0.1) is 0 Å². The molecule has 0 saturated heterocycles. The number of carbonyl (C=O) groups is 1. The summed E-state index contributed by atoms with van der Waals surface area (Å²) in [6, 6.07) is 8.84. The Morgan fingerprint density at radius 1 is 1.14 bits per heavy atom. The van der Waals surface area contributed by atoms with Crippen LogP contribution in [0.25, 0.3) is 5.57 Å². The minimum Gasteiger partial charge on any atom is -0.307 e. The molecule has 1 N–H and O–H groups in total. The summed E-state index contributed by atoms with van der Waals surface area (Å²) >= 11 is 5.79. The number of halogens is 3. The van der Waals surface area contributed by atoms with E-state index in [1.54, 1.807) is 6.07 Å². The van der Waals surface area contributed by atoms with E-state index in [1.165, 1.54) is 42.6 Å². The van der Waals surface area contributed by atoms with Crippen LogP contribution in [-0.4, -0.2) is 37.9 Å². The number of pyridine rings is 1. The number of nitrogens with zero attached hydrogens (tertiary/aromatic N) is 1. The number of allylic oxidation sites excluding steroid dienone is 1. The fourth-order valence-corrected chi connectivity index (χ4v) is 3.90. The van der Waals surface area contributed by atoms with Gasteiger partial charge in [0, 0.05) is 18.0 Å². The van der Waals surface area contributed by atoms with Crippen molar-refractivity contribution in [2.75, 3.05) is 11.6 Å². The van der Waals surface area contributed by atoms with Gasteiger partial charge in [-0.25, -0.2) is 22.2 Å². The topological polar surface area (TPSA) is 76.1 Å². The number of aromatic nitrogens is 1. The molecule has 9 heteroatoms. The van der Waals surface area contributed by atoms with Gasteiger partial charge in [-0.05, 0) is 48.6 Å². The average Bonchev–Trinajstić information content (AvgIpc) is 2.98. The van der Waals surface area contributed by atoms with Crippen molar-refractivity contribution in [1.29, 1.82) is 0 Å². The zero-order valence-electron chi connectivity index (χ0n) is 15.5. The maximum Gasteiger partial charge on any atom is 0.257 e. The summed E-state index contributed by atoms with van der Waals surface area (Å²) in [5.41, 5.74) is 0.620. The lowest BCUT2D eigenvalue weighted by Crippen LogP contribution is -2.15. The minimum atomic E-state index is -3.40. The second-order valence-corrected chi connectivity index (χ2v) is 9.41. The van der Waals surface area contributed by atoms with Crippen LogP contribution in [0.4, 0.5) is 14.6 Å². The summed E-state index contributed by atoms with van der Waals surface area (Å²) < 4.78 is 50.5. The van der Waals surface area contributed by atoms with E-state index in [-0.39, 0.29) is 29.1 Å². The highest BCUT2D eigenvalue weighted by molar-refractivity contribution is 7.90. The van der Waals surface area contributed by atoms with Gasteiger partial charge in [-0.3, -0.25) is 4.79 Å². The molecule has 0 radical (unpaired) electrons. The first-order valence-corrected chi connectivity index (χ1v) is 11.1. The Labute approximate surface area is 172 Å². The molecule has 5 nitrogen and oxygen atoms in total. The molecule has 3 rings (SSSR count). The number of benzene rings is 1. The Hall–Kier alpha value is -2.32. The zero-order chi connectivity index (χ0) is 21.2. The molecule has 0 aliphatic heterocycles. The summed E-state index contributed by atoms with van der Waals surface area (Å²) in [4.78, 5) is 17.0. The standard InChI is InChI=1S/C20H19ClF2N2O3S/c1-29(27,28)15-5-2-13(3-6-15)16(8-12-9-17(22)18(23)10-12)20(26)25-19-7-4-14(21)11-24-19/h2-8,11-12,17-18H,9-10H2,1H3,(H,24,25,26)/b16-8+/t12-,17+,18-. The number of sulfone groups is 1. The van der Waals surface area contributed by atoms with Crippen molar-refractivity contribution in [2.24, 2.45) is 5.92 Å². The second-order valence-electron chi connectivity index (χ2n) is 6.96. The molecule has 1 heterocycles. The maximum absolute atomic E-state index is 13.6. The van der Waals surface area contributed by atoms with E-state index in [4.69, 9.17) is 11.6 Å². The lowest BCUT2D eigenvalue weighted by Gasteiger charge is -2.12. The molecular weight excluding hydrogens is 422 g/mol. The molecule has 1 aliphatic carbocycles. The lowest BCUT2D eigenvalue weighted by atomic mass is 9.98. The largest absolute Gasteiger partial charge is 0.307 e. The van der Waals surface area contributed by atoms with Gasteiger partial charge in [0.05, 0.1) is 9.92 Å². The SMILES string of the molecule is CS(=O)(=O)c1ccc(/C(=C\[C@H]2C[C@@H](F)[C@@H](F)C2)C(=O)Nc2ccc(Cl)cn2)cc1. The number of alkyl halides is 2. The van der Waals surface area contributed by atoms with Crippen LogP contribution in [0.2, 0.25) is 5.02 Å². The summed E-state index contributed by atoms with van der Waals surface area (Å²) in [7, 11) is -3.40. The quantitative estimate of drug-likeness (QED) is 0.705. The van der Waals surface area contributed by atoms with E-state index in [1.807, 2.05) is 0 Å². The van der Waals surface area contributed by atoms with Crippen molar-refractivity contribution in [2.45, 2.75) is 30.1 Å². The van der Waals surface area contributed by atoms with Crippen molar-refractivity contribution < 1.29 is 22.0 Å². The predicted octanol–water partition coefficient (Wildman–Crippen LogP) is 4.25. The predicted molar refractivity (Wildman–Crippen MR) is 108 cm³/mol. The normalized spacial score (nSPS) is 22.5. The van der Waals surface area contributed by atoms with Crippen molar-refractivity contribution in [3.05, 3.63) is 59.3 Å². The Bertz CT molecular complexity index is 1010. The molecule has 1 amide bonds. The van der Waals surface area contributed by atoms with E-state index in [9.17, 15) is 22.0 Å². The fourth-order valence-electron chi connectivity index (χ4n) is 3.16. The molecule has 1 saturated carbocycles. The number of hydrogen-bond acceptors (Lipinski definition) is 4. The van der Waals surface area contributed by atoms with E-state index < -0.39 is 34.0 Å². The summed E-state index contributed by atoms with van der Waals surface area (Å²) in [5.74, 6) is -0.714. The molecule has 0 bridgehead atoms. The van der Waals surface area contributed by atoms with Gasteiger partial charge < -0.3 is 5.32 Å². The van der Waals surface area contributed by atoms with E-state index in [0.717, 1.165) is 6.26 Å². The van der Waals surface area contributed by atoms with E-state index in [2.05, 4.69) is 10.3 Å². The minimum absolute atomic E-state index is 0.0153. The van der Waals surface area contributed by atoms with Crippen molar-refractivity contribution in [3.8, 4) is 0 Å². The van der Waals surface area contributed by atoms with Gasteiger partial charge in [0.1, 0.15) is 18.2 Å². The molecule has 29 heavy (non-hydrogen) atoms.